The lowest BCUT2D eigenvalue weighted by Crippen LogP contribution is -2.32. The third kappa shape index (κ3) is 2.64. The lowest BCUT2D eigenvalue weighted by molar-refractivity contribution is 0.176. The summed E-state index contributed by atoms with van der Waals surface area (Å²) in [5, 5.41) is 3.94. The highest BCUT2D eigenvalue weighted by atomic mass is 16.5. The van der Waals surface area contributed by atoms with Gasteiger partial charge in [-0.15, -0.1) is 0 Å². The Morgan fingerprint density at radius 2 is 2.05 bits per heavy atom. The van der Waals surface area contributed by atoms with Crippen molar-refractivity contribution in [1.29, 1.82) is 0 Å². The zero-order valence-corrected chi connectivity index (χ0v) is 12.7. The first kappa shape index (κ1) is 13.5. The highest BCUT2D eigenvalue weighted by Crippen LogP contribution is 2.30. The number of hydrogen-bond donors (Lipinski definition) is 0. The van der Waals surface area contributed by atoms with E-state index in [9.17, 15) is 0 Å². The van der Waals surface area contributed by atoms with E-state index < -0.39 is 0 Å². The summed E-state index contributed by atoms with van der Waals surface area (Å²) in [6, 6.07) is 9.97. The second-order valence-corrected chi connectivity index (χ2v) is 6.00. The summed E-state index contributed by atoms with van der Waals surface area (Å²) in [5.41, 5.74) is 2.78. The normalized spacial score (nSPS) is 17.3. The van der Waals surface area contributed by atoms with Crippen LogP contribution in [0.2, 0.25) is 0 Å². The average molecular weight is 297 g/mol. The Labute approximate surface area is 128 Å². The van der Waals surface area contributed by atoms with E-state index in [4.69, 9.17) is 8.94 Å². The monoisotopic (exact) mass is 297 g/mol. The van der Waals surface area contributed by atoms with Crippen molar-refractivity contribution in [2.24, 2.45) is 0 Å². The van der Waals surface area contributed by atoms with Crippen LogP contribution in [0.4, 0.5) is 0 Å². The zero-order valence-electron chi connectivity index (χ0n) is 12.7. The third-order valence-corrected chi connectivity index (χ3v) is 4.30. The molecular formula is C17H19N3O2. The Bertz CT molecular complexity index is 736. The number of likely N-dealkylation sites (tertiary alicyclic amines) is 1. The molecule has 0 atom stereocenters. The molecule has 5 heteroatoms. The van der Waals surface area contributed by atoms with Gasteiger partial charge in [0.05, 0.1) is 12.2 Å². The zero-order chi connectivity index (χ0) is 14.9. The SMILES string of the molecule is Cc1cc(CN2CCC(c3nc4ccccc4o3)CC2)on1. The molecular weight excluding hydrogens is 278 g/mol. The molecule has 0 amide bonds. The molecule has 0 N–H and O–H groups in total. The number of benzene rings is 1. The Hall–Kier alpha value is -2.14. The van der Waals surface area contributed by atoms with Crippen LogP contribution in [0.3, 0.4) is 0 Å². The van der Waals surface area contributed by atoms with E-state index >= 15 is 0 Å². The highest BCUT2D eigenvalue weighted by Gasteiger charge is 2.25. The molecule has 2 aromatic heterocycles. The maximum atomic E-state index is 5.91. The molecule has 5 nitrogen and oxygen atoms in total. The second-order valence-electron chi connectivity index (χ2n) is 6.00. The summed E-state index contributed by atoms with van der Waals surface area (Å²) >= 11 is 0. The van der Waals surface area contributed by atoms with Gasteiger partial charge in [-0.3, -0.25) is 4.90 Å². The van der Waals surface area contributed by atoms with Gasteiger partial charge in [-0.1, -0.05) is 17.3 Å². The standard InChI is InChI=1S/C17H19N3O2/c1-12-10-14(22-19-12)11-20-8-6-13(7-9-20)17-18-15-4-2-3-5-16(15)21-17/h2-5,10,13H,6-9,11H2,1H3. The smallest absolute Gasteiger partial charge is 0.198 e. The van der Waals surface area contributed by atoms with E-state index in [0.717, 1.165) is 60.9 Å². The summed E-state index contributed by atoms with van der Waals surface area (Å²) in [6.45, 7) is 4.85. The molecule has 0 spiro atoms. The van der Waals surface area contributed by atoms with Crippen LogP contribution >= 0.6 is 0 Å². The van der Waals surface area contributed by atoms with Crippen LogP contribution in [-0.2, 0) is 6.54 Å². The van der Waals surface area contributed by atoms with E-state index in [1.54, 1.807) is 0 Å². The van der Waals surface area contributed by atoms with Crippen LogP contribution < -0.4 is 0 Å². The summed E-state index contributed by atoms with van der Waals surface area (Å²) < 4.78 is 11.2. The molecule has 1 aliphatic heterocycles. The van der Waals surface area contributed by atoms with Gasteiger partial charge in [0.15, 0.2) is 17.2 Å². The first-order valence-electron chi connectivity index (χ1n) is 7.78. The van der Waals surface area contributed by atoms with Crippen molar-refractivity contribution in [2.45, 2.75) is 32.2 Å². The Morgan fingerprint density at radius 3 is 2.77 bits per heavy atom. The molecule has 1 fully saturated rings. The minimum Gasteiger partial charge on any atom is -0.440 e. The maximum absolute atomic E-state index is 5.91. The number of aromatic nitrogens is 2. The Kier molecular flexibility index (Phi) is 3.42. The third-order valence-electron chi connectivity index (χ3n) is 4.30. The topological polar surface area (TPSA) is 55.3 Å². The van der Waals surface area contributed by atoms with Gasteiger partial charge >= 0.3 is 0 Å². The van der Waals surface area contributed by atoms with E-state index in [0.29, 0.717) is 5.92 Å². The van der Waals surface area contributed by atoms with Crippen molar-refractivity contribution < 1.29 is 8.94 Å². The van der Waals surface area contributed by atoms with Crippen molar-refractivity contribution in [3.63, 3.8) is 0 Å². The van der Waals surface area contributed by atoms with Gasteiger partial charge in [-0.25, -0.2) is 4.98 Å². The molecule has 114 valence electrons. The maximum Gasteiger partial charge on any atom is 0.198 e. The molecule has 4 rings (SSSR count). The number of piperidine rings is 1. The van der Waals surface area contributed by atoms with Crippen molar-refractivity contribution in [2.75, 3.05) is 13.1 Å². The van der Waals surface area contributed by atoms with Crippen molar-refractivity contribution in [1.82, 2.24) is 15.0 Å². The number of oxazole rings is 1. The van der Waals surface area contributed by atoms with Gasteiger partial charge in [0.2, 0.25) is 0 Å². The van der Waals surface area contributed by atoms with Crippen LogP contribution in [0.1, 0.15) is 36.1 Å². The fraction of sp³-hybridized carbons (Fsp3) is 0.412. The van der Waals surface area contributed by atoms with Crippen LogP contribution in [0, 0.1) is 6.92 Å². The number of para-hydroxylation sites is 2. The number of hydrogen-bond acceptors (Lipinski definition) is 5. The minimum absolute atomic E-state index is 0.417. The van der Waals surface area contributed by atoms with Crippen LogP contribution in [-0.4, -0.2) is 28.1 Å². The molecule has 0 bridgehead atoms. The molecule has 1 aromatic carbocycles. The quantitative estimate of drug-likeness (QED) is 0.740. The molecule has 3 heterocycles. The minimum atomic E-state index is 0.417. The van der Waals surface area contributed by atoms with Crippen molar-refractivity contribution >= 4 is 11.1 Å². The van der Waals surface area contributed by atoms with Gasteiger partial charge < -0.3 is 8.94 Å². The van der Waals surface area contributed by atoms with Gasteiger partial charge in [-0.05, 0) is 45.0 Å². The second kappa shape index (κ2) is 5.57. The molecule has 3 aromatic rings. The first-order chi connectivity index (χ1) is 10.8. The Balaban J connectivity index is 1.40. The lowest BCUT2D eigenvalue weighted by atomic mass is 9.97. The highest BCUT2D eigenvalue weighted by molar-refractivity contribution is 5.72. The van der Waals surface area contributed by atoms with Gasteiger partial charge in [0.25, 0.3) is 0 Å². The molecule has 1 aliphatic rings. The molecule has 0 aliphatic carbocycles. The number of rotatable bonds is 3. The van der Waals surface area contributed by atoms with Crippen LogP contribution in [0.25, 0.3) is 11.1 Å². The fourth-order valence-corrected chi connectivity index (χ4v) is 3.11. The van der Waals surface area contributed by atoms with Crippen LogP contribution in [0.5, 0.6) is 0 Å². The predicted octanol–water partition coefficient (Wildman–Crippen LogP) is 3.50. The molecule has 22 heavy (non-hydrogen) atoms. The largest absolute Gasteiger partial charge is 0.440 e. The summed E-state index contributed by atoms with van der Waals surface area (Å²) in [7, 11) is 0. The van der Waals surface area contributed by atoms with Crippen molar-refractivity contribution in [3.05, 3.63) is 47.7 Å². The molecule has 1 saturated heterocycles. The first-order valence-corrected chi connectivity index (χ1v) is 7.78. The van der Waals surface area contributed by atoms with Gasteiger partial charge in [-0.2, -0.15) is 0 Å². The van der Waals surface area contributed by atoms with E-state index in [-0.39, 0.29) is 0 Å². The molecule has 0 radical (unpaired) electrons. The lowest BCUT2D eigenvalue weighted by Gasteiger charge is -2.29. The Morgan fingerprint density at radius 1 is 1.23 bits per heavy atom. The number of aryl methyl sites for hydroxylation is 1. The fourth-order valence-electron chi connectivity index (χ4n) is 3.11. The van der Waals surface area contributed by atoms with Crippen LogP contribution in [0.15, 0.2) is 39.3 Å². The van der Waals surface area contributed by atoms with Gasteiger partial charge in [0, 0.05) is 12.0 Å². The summed E-state index contributed by atoms with van der Waals surface area (Å²) in [5.74, 6) is 2.24. The summed E-state index contributed by atoms with van der Waals surface area (Å²) in [4.78, 5) is 7.04. The van der Waals surface area contributed by atoms with E-state index in [2.05, 4.69) is 15.0 Å². The molecule has 0 unspecified atom stereocenters. The number of fused-ring (bicyclic) bond motifs is 1. The number of nitrogens with zero attached hydrogens (tertiary/aromatic N) is 3. The summed E-state index contributed by atoms with van der Waals surface area (Å²) in [6.07, 6.45) is 2.14. The van der Waals surface area contributed by atoms with Gasteiger partial charge in [0.1, 0.15) is 5.52 Å². The molecule has 0 saturated carbocycles. The average Bonchev–Trinajstić information content (AvgIpc) is 3.14. The van der Waals surface area contributed by atoms with E-state index in [1.807, 2.05) is 37.3 Å². The van der Waals surface area contributed by atoms with Crippen molar-refractivity contribution in [3.8, 4) is 0 Å². The predicted molar refractivity (Wildman–Crippen MR) is 82.5 cm³/mol. The van der Waals surface area contributed by atoms with E-state index in [1.165, 1.54) is 0 Å².